The van der Waals surface area contributed by atoms with Gasteiger partial charge >= 0.3 is 0 Å². The molecule has 0 aliphatic rings. The van der Waals surface area contributed by atoms with Crippen molar-refractivity contribution in [3.63, 3.8) is 0 Å². The van der Waals surface area contributed by atoms with Crippen molar-refractivity contribution in [3.8, 4) is 0 Å². The van der Waals surface area contributed by atoms with Crippen LogP contribution < -0.4 is 4.98 Å². The summed E-state index contributed by atoms with van der Waals surface area (Å²) in [5.41, 5.74) is 2.11. The number of aromatic amines is 1. The predicted molar refractivity (Wildman–Crippen MR) is 65.0 cm³/mol. The molecule has 0 saturated heterocycles. The van der Waals surface area contributed by atoms with Gasteiger partial charge in [0.2, 0.25) is 0 Å². The minimum Gasteiger partial charge on any atom is -0.258 e. The molecule has 1 heterocycles. The molecule has 0 spiro atoms. The van der Waals surface area contributed by atoms with Gasteiger partial charge in [0.15, 0.2) is 12.4 Å². The van der Waals surface area contributed by atoms with E-state index in [2.05, 4.69) is 4.98 Å². The van der Waals surface area contributed by atoms with Gasteiger partial charge in [0.1, 0.15) is 0 Å². The van der Waals surface area contributed by atoms with Crippen molar-refractivity contribution in [2.75, 3.05) is 0 Å². The Bertz CT molecular complexity index is 533. The molecule has 0 radical (unpaired) electrons. The van der Waals surface area contributed by atoms with Crippen LogP contribution >= 0.6 is 0 Å². The molecule has 1 N–H and O–H groups in total. The third-order valence-corrected chi connectivity index (χ3v) is 2.32. The number of nitro groups is 1. The highest BCUT2D eigenvalue weighted by atomic mass is 16.6. The first-order valence-electron chi connectivity index (χ1n) is 5.14. The van der Waals surface area contributed by atoms with Crippen LogP contribution in [0.5, 0.6) is 0 Å². The van der Waals surface area contributed by atoms with Crippen LogP contribution in [-0.4, -0.2) is 4.92 Å². The van der Waals surface area contributed by atoms with Gasteiger partial charge < -0.3 is 0 Å². The van der Waals surface area contributed by atoms with Crippen molar-refractivity contribution in [1.82, 2.24) is 0 Å². The van der Waals surface area contributed by atoms with Crippen molar-refractivity contribution in [2.24, 2.45) is 0 Å². The molecule has 0 fully saturated rings. The molecule has 0 amide bonds. The maximum absolute atomic E-state index is 10.5. The van der Waals surface area contributed by atoms with E-state index in [1.54, 1.807) is 12.1 Å². The lowest BCUT2D eigenvalue weighted by Gasteiger charge is -1.93. The molecule has 0 saturated carbocycles. The monoisotopic (exact) mass is 227 g/mol. The Morgan fingerprint density at radius 2 is 1.47 bits per heavy atom. The Morgan fingerprint density at radius 1 is 0.941 bits per heavy atom. The summed E-state index contributed by atoms with van der Waals surface area (Å²) in [6.45, 7) is 0. The fourth-order valence-corrected chi connectivity index (χ4v) is 1.41. The number of nitro benzene ring substituents is 1. The van der Waals surface area contributed by atoms with E-state index < -0.39 is 4.92 Å². The number of hydrogen-bond acceptors (Lipinski definition) is 2. The Hall–Kier alpha value is -2.49. The van der Waals surface area contributed by atoms with E-state index in [0.717, 1.165) is 11.1 Å². The molecule has 84 valence electrons. The highest BCUT2D eigenvalue weighted by Gasteiger charge is 2.01. The predicted octanol–water partition coefficient (Wildman–Crippen LogP) is 2.58. The van der Waals surface area contributed by atoms with E-state index >= 15 is 0 Å². The van der Waals surface area contributed by atoms with Crippen LogP contribution in [0.2, 0.25) is 0 Å². The normalized spacial score (nSPS) is 10.6. The Morgan fingerprint density at radius 3 is 2.00 bits per heavy atom. The first-order valence-corrected chi connectivity index (χ1v) is 5.14. The molecule has 4 heteroatoms. The molecule has 2 aromatic rings. The van der Waals surface area contributed by atoms with Gasteiger partial charge in [0, 0.05) is 24.3 Å². The summed E-state index contributed by atoms with van der Waals surface area (Å²) in [7, 11) is 0. The molecule has 1 aromatic heterocycles. The number of pyridine rings is 1. The SMILES string of the molecule is O=[N+]([O-])c1ccc(/C=C/c2cc[nH+]cc2)cc1. The quantitative estimate of drug-likeness (QED) is 0.597. The lowest BCUT2D eigenvalue weighted by Crippen LogP contribution is -1.96. The van der Waals surface area contributed by atoms with E-state index in [0.29, 0.717) is 0 Å². The summed E-state index contributed by atoms with van der Waals surface area (Å²) in [6.07, 6.45) is 7.55. The van der Waals surface area contributed by atoms with Crippen molar-refractivity contribution in [3.05, 3.63) is 70.0 Å². The van der Waals surface area contributed by atoms with E-state index in [9.17, 15) is 10.1 Å². The molecule has 0 aliphatic heterocycles. The summed E-state index contributed by atoms with van der Waals surface area (Å²) in [5, 5.41) is 10.5. The average molecular weight is 227 g/mol. The molecule has 0 bridgehead atoms. The highest BCUT2D eigenvalue weighted by Crippen LogP contribution is 2.13. The van der Waals surface area contributed by atoms with Crippen molar-refractivity contribution < 1.29 is 9.91 Å². The standard InChI is InChI=1S/C13H10N2O2/c16-15(17)13-5-3-11(4-6-13)1-2-12-7-9-14-10-8-12/h1-10H/p+1/b2-1+. The molecule has 0 atom stereocenters. The number of aromatic nitrogens is 1. The van der Waals surface area contributed by atoms with Gasteiger partial charge in [-0.1, -0.05) is 12.2 Å². The zero-order valence-electron chi connectivity index (χ0n) is 9.04. The molecular formula is C13H11N2O2+. The molecule has 0 aliphatic carbocycles. The smallest absolute Gasteiger partial charge is 0.258 e. The summed E-state index contributed by atoms with van der Waals surface area (Å²) in [4.78, 5) is 13.0. The topological polar surface area (TPSA) is 57.3 Å². The lowest BCUT2D eigenvalue weighted by atomic mass is 10.1. The number of benzene rings is 1. The zero-order chi connectivity index (χ0) is 12.1. The number of nitrogens with one attached hydrogen (secondary N) is 1. The van der Waals surface area contributed by atoms with Crippen LogP contribution in [-0.2, 0) is 0 Å². The molecular weight excluding hydrogens is 216 g/mol. The number of nitrogens with zero attached hydrogens (tertiary/aromatic N) is 1. The van der Waals surface area contributed by atoms with Gasteiger partial charge in [0.05, 0.1) is 4.92 Å². The van der Waals surface area contributed by atoms with E-state index in [1.165, 1.54) is 12.1 Å². The summed E-state index contributed by atoms with van der Waals surface area (Å²) in [6, 6.07) is 10.3. The van der Waals surface area contributed by atoms with Gasteiger partial charge in [0.25, 0.3) is 5.69 Å². The molecule has 4 nitrogen and oxygen atoms in total. The second-order valence-electron chi connectivity index (χ2n) is 3.52. The van der Waals surface area contributed by atoms with Gasteiger partial charge in [-0.15, -0.1) is 0 Å². The number of rotatable bonds is 3. The summed E-state index contributed by atoms with van der Waals surface area (Å²) in [5.74, 6) is 0. The first-order chi connectivity index (χ1) is 8.25. The van der Waals surface area contributed by atoms with E-state index in [4.69, 9.17) is 0 Å². The van der Waals surface area contributed by atoms with Gasteiger partial charge in [-0.25, -0.2) is 4.98 Å². The Balaban J connectivity index is 2.14. The number of H-pyrrole nitrogens is 1. The fraction of sp³-hybridized carbons (Fsp3) is 0. The molecule has 1 aromatic carbocycles. The van der Waals surface area contributed by atoms with Crippen molar-refractivity contribution in [2.45, 2.75) is 0 Å². The van der Waals surface area contributed by atoms with E-state index in [-0.39, 0.29) is 5.69 Å². The van der Waals surface area contributed by atoms with Crippen LogP contribution in [0.3, 0.4) is 0 Å². The molecule has 0 unspecified atom stereocenters. The number of non-ortho nitro benzene ring substituents is 1. The van der Waals surface area contributed by atoms with Crippen LogP contribution in [0.1, 0.15) is 11.1 Å². The Kier molecular flexibility index (Phi) is 3.25. The Labute approximate surface area is 98.4 Å². The summed E-state index contributed by atoms with van der Waals surface area (Å²) < 4.78 is 0. The molecule has 2 rings (SSSR count). The van der Waals surface area contributed by atoms with Crippen LogP contribution in [0, 0.1) is 10.1 Å². The highest BCUT2D eigenvalue weighted by molar-refractivity contribution is 5.69. The second kappa shape index (κ2) is 5.03. The lowest BCUT2D eigenvalue weighted by molar-refractivity contribution is -0.384. The second-order valence-corrected chi connectivity index (χ2v) is 3.52. The van der Waals surface area contributed by atoms with Crippen molar-refractivity contribution >= 4 is 17.8 Å². The summed E-state index contributed by atoms with van der Waals surface area (Å²) >= 11 is 0. The first kappa shape index (κ1) is 11.0. The fourth-order valence-electron chi connectivity index (χ4n) is 1.41. The minimum absolute atomic E-state index is 0.108. The third-order valence-electron chi connectivity index (χ3n) is 2.32. The van der Waals surface area contributed by atoms with Crippen molar-refractivity contribution in [1.29, 1.82) is 0 Å². The van der Waals surface area contributed by atoms with Crippen LogP contribution in [0.15, 0.2) is 48.8 Å². The number of hydrogen-bond donors (Lipinski definition) is 0. The zero-order valence-corrected chi connectivity index (χ0v) is 9.04. The minimum atomic E-state index is -0.402. The van der Waals surface area contributed by atoms with E-state index in [1.807, 2.05) is 36.7 Å². The largest absolute Gasteiger partial charge is 0.269 e. The third kappa shape index (κ3) is 2.98. The van der Waals surface area contributed by atoms with Crippen LogP contribution in [0.25, 0.3) is 12.2 Å². The van der Waals surface area contributed by atoms with Gasteiger partial charge in [-0.05, 0) is 23.3 Å². The average Bonchev–Trinajstić information content (AvgIpc) is 2.38. The van der Waals surface area contributed by atoms with Gasteiger partial charge in [-0.2, -0.15) is 0 Å². The maximum atomic E-state index is 10.5. The van der Waals surface area contributed by atoms with Crippen LogP contribution in [0.4, 0.5) is 5.69 Å². The molecule has 17 heavy (non-hydrogen) atoms. The van der Waals surface area contributed by atoms with Gasteiger partial charge in [-0.3, -0.25) is 10.1 Å². The maximum Gasteiger partial charge on any atom is 0.269 e.